The van der Waals surface area contributed by atoms with Crippen LogP contribution in [0.4, 0.5) is 16.2 Å². The van der Waals surface area contributed by atoms with E-state index < -0.39 is 6.03 Å². The van der Waals surface area contributed by atoms with Crippen LogP contribution in [0.25, 0.3) is 22.0 Å². The van der Waals surface area contributed by atoms with E-state index in [4.69, 9.17) is 21.1 Å². The molecule has 7 nitrogen and oxygen atoms in total. The molecule has 0 aliphatic heterocycles. The highest BCUT2D eigenvalue weighted by molar-refractivity contribution is 7.99. The maximum absolute atomic E-state index is 13.2. The highest BCUT2D eigenvalue weighted by Crippen LogP contribution is 2.40. The van der Waals surface area contributed by atoms with E-state index in [0.717, 1.165) is 37.6 Å². The van der Waals surface area contributed by atoms with Crippen molar-refractivity contribution in [3.8, 4) is 22.6 Å². The van der Waals surface area contributed by atoms with Crippen molar-refractivity contribution in [3.05, 3.63) is 59.4 Å². The van der Waals surface area contributed by atoms with Crippen LogP contribution >= 0.6 is 35.1 Å². The Balaban J connectivity index is 1.80. The second kappa shape index (κ2) is 11.3. The number of carbonyl (C=O) groups excluding carboxylic acids is 1. The number of nitrogens with zero attached hydrogens (tertiary/aromatic N) is 2. The summed E-state index contributed by atoms with van der Waals surface area (Å²) in [5.41, 5.74) is 4.39. The van der Waals surface area contributed by atoms with E-state index >= 15 is 0 Å². The lowest BCUT2D eigenvalue weighted by Crippen LogP contribution is -2.21. The summed E-state index contributed by atoms with van der Waals surface area (Å²) in [5, 5.41) is 8.06. The van der Waals surface area contributed by atoms with E-state index in [-0.39, 0.29) is 0 Å². The molecular formula is C26H25ClN4O3S2. The highest BCUT2D eigenvalue weighted by Gasteiger charge is 2.18. The smallest absolute Gasteiger partial charge is 0.323 e. The third kappa shape index (κ3) is 5.33. The number of hydrogen-bond acceptors (Lipinski definition) is 7. The lowest BCUT2D eigenvalue weighted by Gasteiger charge is -2.18. The molecule has 0 aliphatic carbocycles. The van der Waals surface area contributed by atoms with Crippen LogP contribution in [-0.4, -0.2) is 42.7 Å². The first-order valence-corrected chi connectivity index (χ1v) is 13.7. The molecule has 10 heteroatoms. The Hall–Kier alpha value is -3.14. The molecule has 0 radical (unpaired) electrons. The highest BCUT2D eigenvalue weighted by atomic mass is 35.5. The fraction of sp³-hybridized carbons (Fsp3) is 0.192. The van der Waals surface area contributed by atoms with Crippen molar-refractivity contribution in [2.24, 2.45) is 0 Å². The maximum Gasteiger partial charge on any atom is 0.323 e. The zero-order chi connectivity index (χ0) is 25.8. The Morgan fingerprint density at radius 1 is 0.972 bits per heavy atom. The van der Waals surface area contributed by atoms with Crippen LogP contribution in [0.1, 0.15) is 5.69 Å². The van der Waals surface area contributed by atoms with Gasteiger partial charge in [-0.1, -0.05) is 17.7 Å². The Morgan fingerprint density at radius 2 is 1.75 bits per heavy atom. The van der Waals surface area contributed by atoms with Crippen molar-refractivity contribution in [1.82, 2.24) is 9.97 Å². The predicted molar refractivity (Wildman–Crippen MR) is 150 cm³/mol. The topological polar surface area (TPSA) is 85.4 Å². The van der Waals surface area contributed by atoms with E-state index in [1.54, 1.807) is 38.2 Å². The molecule has 0 fully saturated rings. The van der Waals surface area contributed by atoms with Gasteiger partial charge in [-0.05, 0) is 61.4 Å². The van der Waals surface area contributed by atoms with Gasteiger partial charge in [0.2, 0.25) is 0 Å². The third-order valence-electron chi connectivity index (χ3n) is 5.48. The summed E-state index contributed by atoms with van der Waals surface area (Å²) in [6.45, 7) is 1.94. The van der Waals surface area contributed by atoms with Crippen LogP contribution in [0, 0.1) is 6.92 Å². The number of nitrogens with one attached hydrogen (secondary N) is 2. The number of pyridine rings is 2. The molecule has 2 heterocycles. The molecule has 0 atom stereocenters. The SMILES string of the molecule is COc1ccc(-c2c(NC(=O)Nc3c(SC)cc(C)nc3SC)cnc3ccc(Cl)cc23)cc1OC. The molecule has 2 N–H and O–H groups in total. The van der Waals surface area contributed by atoms with Crippen molar-refractivity contribution in [3.63, 3.8) is 0 Å². The van der Waals surface area contributed by atoms with Crippen LogP contribution < -0.4 is 20.1 Å². The number of urea groups is 1. The Morgan fingerprint density at radius 3 is 2.44 bits per heavy atom. The van der Waals surface area contributed by atoms with Crippen LogP contribution in [0.15, 0.2) is 58.6 Å². The number of halogens is 1. The van der Waals surface area contributed by atoms with Gasteiger partial charge in [-0.15, -0.1) is 23.5 Å². The number of rotatable bonds is 7. The predicted octanol–water partition coefficient (Wildman–Crippen LogP) is 7.36. The summed E-state index contributed by atoms with van der Waals surface area (Å²) in [7, 11) is 3.17. The van der Waals surface area contributed by atoms with E-state index in [2.05, 4.69) is 20.6 Å². The van der Waals surface area contributed by atoms with Gasteiger partial charge in [0.15, 0.2) is 11.5 Å². The number of thioether (sulfide) groups is 2. The summed E-state index contributed by atoms with van der Waals surface area (Å²) in [5.74, 6) is 1.17. The van der Waals surface area contributed by atoms with Gasteiger partial charge in [0.05, 0.1) is 37.3 Å². The van der Waals surface area contributed by atoms with Gasteiger partial charge in [0.25, 0.3) is 0 Å². The average Bonchev–Trinajstić information content (AvgIpc) is 2.88. The molecule has 36 heavy (non-hydrogen) atoms. The summed E-state index contributed by atoms with van der Waals surface area (Å²) in [6.07, 6.45) is 5.54. The number of carbonyl (C=O) groups is 1. The van der Waals surface area contributed by atoms with Crippen LogP contribution in [-0.2, 0) is 0 Å². The fourth-order valence-electron chi connectivity index (χ4n) is 3.87. The minimum atomic E-state index is -0.406. The van der Waals surface area contributed by atoms with Crippen LogP contribution in [0.5, 0.6) is 11.5 Å². The first-order chi connectivity index (χ1) is 17.4. The number of anilines is 2. The van der Waals surface area contributed by atoms with Crippen LogP contribution in [0.3, 0.4) is 0 Å². The Labute approximate surface area is 223 Å². The summed E-state index contributed by atoms with van der Waals surface area (Å²) in [6, 6.07) is 12.6. The Kier molecular flexibility index (Phi) is 8.13. The first kappa shape index (κ1) is 25.9. The molecule has 0 aliphatic rings. The van der Waals surface area contributed by atoms with E-state index in [0.29, 0.717) is 27.9 Å². The van der Waals surface area contributed by atoms with Crippen LogP contribution in [0.2, 0.25) is 5.02 Å². The number of aryl methyl sites for hydroxylation is 1. The van der Waals surface area contributed by atoms with E-state index in [1.807, 2.05) is 55.8 Å². The quantitative estimate of drug-likeness (QED) is 0.237. The van der Waals surface area contributed by atoms with Crippen molar-refractivity contribution in [1.29, 1.82) is 0 Å². The molecule has 186 valence electrons. The summed E-state index contributed by atoms with van der Waals surface area (Å²) >= 11 is 9.37. The molecule has 0 bridgehead atoms. The minimum absolute atomic E-state index is 0.406. The fourth-order valence-corrected chi connectivity index (χ4v) is 5.35. The van der Waals surface area contributed by atoms with Crippen molar-refractivity contribution in [2.75, 3.05) is 37.4 Å². The zero-order valence-corrected chi connectivity index (χ0v) is 22.8. The number of amides is 2. The molecular weight excluding hydrogens is 516 g/mol. The number of methoxy groups -OCH3 is 2. The number of benzene rings is 2. The average molecular weight is 541 g/mol. The summed E-state index contributed by atoms with van der Waals surface area (Å²) in [4.78, 5) is 23.3. The molecule has 0 saturated heterocycles. The monoisotopic (exact) mass is 540 g/mol. The van der Waals surface area contributed by atoms with Gasteiger partial charge >= 0.3 is 6.03 Å². The zero-order valence-electron chi connectivity index (χ0n) is 20.4. The molecule has 2 amide bonds. The standard InChI is InChI=1S/C26H25ClN4O3S2/c1-14-10-22(35-4)24(25(29-14)36-5)31-26(32)30-19-13-28-18-8-7-16(27)12-17(18)23(19)15-6-9-20(33-2)21(11-15)34-3/h6-13H,1-5H3,(H2,30,31,32). The van der Waals surface area contributed by atoms with Crippen molar-refractivity contribution >= 4 is 63.4 Å². The number of ether oxygens (including phenoxy) is 2. The van der Waals surface area contributed by atoms with Gasteiger partial charge in [0, 0.05) is 26.6 Å². The molecule has 2 aromatic carbocycles. The molecule has 4 aromatic rings. The molecule has 0 unspecified atom stereocenters. The second-order valence-electron chi connectivity index (χ2n) is 7.71. The second-order valence-corrected chi connectivity index (χ2v) is 9.79. The van der Waals surface area contributed by atoms with Gasteiger partial charge in [-0.2, -0.15) is 0 Å². The minimum Gasteiger partial charge on any atom is -0.493 e. The molecule has 4 rings (SSSR count). The van der Waals surface area contributed by atoms with Gasteiger partial charge in [-0.25, -0.2) is 9.78 Å². The van der Waals surface area contributed by atoms with Crippen molar-refractivity contribution < 1.29 is 14.3 Å². The third-order valence-corrected chi connectivity index (χ3v) is 7.16. The first-order valence-electron chi connectivity index (χ1n) is 10.9. The van der Waals surface area contributed by atoms with Crippen molar-refractivity contribution in [2.45, 2.75) is 16.8 Å². The number of fused-ring (bicyclic) bond motifs is 1. The number of aromatic nitrogens is 2. The molecule has 2 aromatic heterocycles. The Bertz CT molecular complexity index is 1420. The summed E-state index contributed by atoms with van der Waals surface area (Å²) < 4.78 is 10.9. The number of hydrogen-bond donors (Lipinski definition) is 2. The normalized spacial score (nSPS) is 10.8. The van der Waals surface area contributed by atoms with E-state index in [9.17, 15) is 4.79 Å². The maximum atomic E-state index is 13.2. The largest absolute Gasteiger partial charge is 0.493 e. The van der Waals surface area contributed by atoms with E-state index in [1.165, 1.54) is 11.8 Å². The van der Waals surface area contributed by atoms with Gasteiger partial charge in [-0.3, -0.25) is 4.98 Å². The van der Waals surface area contributed by atoms with Gasteiger partial charge < -0.3 is 20.1 Å². The lowest BCUT2D eigenvalue weighted by atomic mass is 9.99. The van der Waals surface area contributed by atoms with Gasteiger partial charge in [0.1, 0.15) is 5.03 Å². The molecule has 0 spiro atoms. The molecule has 0 saturated carbocycles. The lowest BCUT2D eigenvalue weighted by molar-refractivity contribution is 0.262.